The maximum Gasteiger partial charge on any atom is 0.186 e. The average molecular weight is 351 g/mol. The van der Waals surface area contributed by atoms with Gasteiger partial charge in [-0.3, -0.25) is 0 Å². The molecule has 21 heavy (non-hydrogen) atoms. The second-order valence-electron chi connectivity index (χ2n) is 4.95. The zero-order chi connectivity index (χ0) is 15.5. The maximum absolute atomic E-state index is 12.3. The van der Waals surface area contributed by atoms with E-state index in [-0.39, 0.29) is 12.4 Å². The van der Waals surface area contributed by atoms with Crippen molar-refractivity contribution in [1.82, 2.24) is 4.98 Å². The largest absolute Gasteiger partial charge is 0.391 e. The van der Waals surface area contributed by atoms with E-state index in [2.05, 4.69) is 11.9 Å². The van der Waals surface area contributed by atoms with Gasteiger partial charge in [-0.1, -0.05) is 31.6 Å². The molecular formula is C13H22N2O3S3. The van der Waals surface area contributed by atoms with E-state index < -0.39 is 15.2 Å². The van der Waals surface area contributed by atoms with E-state index in [0.717, 1.165) is 34.3 Å². The molecule has 0 aliphatic carbocycles. The van der Waals surface area contributed by atoms with E-state index >= 15 is 0 Å². The molecule has 8 heteroatoms. The van der Waals surface area contributed by atoms with E-state index in [4.69, 9.17) is 0 Å². The molecule has 0 saturated carbocycles. The van der Waals surface area contributed by atoms with Crippen molar-refractivity contribution in [3.63, 3.8) is 0 Å². The molecule has 120 valence electrons. The molecule has 5 nitrogen and oxygen atoms in total. The molecule has 2 rings (SSSR count). The third kappa shape index (κ3) is 3.72. The van der Waals surface area contributed by atoms with Crippen LogP contribution in [-0.4, -0.2) is 47.7 Å². The molecule has 1 N–H and O–H groups in total. The maximum atomic E-state index is 12.3. The lowest BCUT2D eigenvalue weighted by atomic mass is 10.2. The van der Waals surface area contributed by atoms with Gasteiger partial charge in [0.2, 0.25) is 0 Å². The standard InChI is InChI=1S/C13H22N2O3S3/c1-3-5-10-11(8-16)20-13(14-10)15-6-7-19-9-12(15)21(17,18)4-2/h12,16H,3-9H2,1-2H3. The van der Waals surface area contributed by atoms with Gasteiger partial charge in [-0.25, -0.2) is 13.4 Å². The molecule has 0 radical (unpaired) electrons. The Kier molecular flexibility index (Phi) is 5.93. The van der Waals surface area contributed by atoms with Gasteiger partial charge in [-0.15, -0.1) is 0 Å². The first kappa shape index (κ1) is 17.1. The van der Waals surface area contributed by atoms with E-state index in [1.54, 1.807) is 18.7 Å². The minimum atomic E-state index is -3.13. The average Bonchev–Trinajstić information content (AvgIpc) is 2.90. The van der Waals surface area contributed by atoms with Gasteiger partial charge < -0.3 is 10.0 Å². The van der Waals surface area contributed by atoms with Gasteiger partial charge in [0.25, 0.3) is 0 Å². The Hall–Kier alpha value is -0.310. The second-order valence-corrected chi connectivity index (χ2v) is 9.61. The number of aromatic nitrogens is 1. The third-order valence-corrected chi connectivity index (χ3v) is 7.95. The topological polar surface area (TPSA) is 70.5 Å². The summed E-state index contributed by atoms with van der Waals surface area (Å²) in [6, 6.07) is 0. The summed E-state index contributed by atoms with van der Waals surface area (Å²) in [5, 5.41) is 9.71. The van der Waals surface area contributed by atoms with Crippen LogP contribution in [0.4, 0.5) is 5.13 Å². The normalized spacial score (nSPS) is 20.0. The Morgan fingerprint density at radius 2 is 2.19 bits per heavy atom. The monoisotopic (exact) mass is 350 g/mol. The van der Waals surface area contributed by atoms with Crippen molar-refractivity contribution in [1.29, 1.82) is 0 Å². The summed E-state index contributed by atoms with van der Waals surface area (Å²) in [7, 11) is -3.13. The summed E-state index contributed by atoms with van der Waals surface area (Å²) >= 11 is 3.10. The molecule has 0 bridgehead atoms. The van der Waals surface area contributed by atoms with Gasteiger partial charge in [0.15, 0.2) is 15.0 Å². The van der Waals surface area contributed by atoms with E-state index in [1.165, 1.54) is 11.3 Å². The molecule has 2 heterocycles. The summed E-state index contributed by atoms with van der Waals surface area (Å²) in [6.07, 6.45) is 1.78. The van der Waals surface area contributed by atoms with Crippen LogP contribution in [0.5, 0.6) is 0 Å². The van der Waals surface area contributed by atoms with Gasteiger partial charge >= 0.3 is 0 Å². The van der Waals surface area contributed by atoms with Crippen molar-refractivity contribution in [2.24, 2.45) is 0 Å². The third-order valence-electron chi connectivity index (χ3n) is 3.54. The minimum Gasteiger partial charge on any atom is -0.391 e. The Morgan fingerprint density at radius 3 is 2.81 bits per heavy atom. The van der Waals surface area contributed by atoms with E-state index in [0.29, 0.717) is 12.3 Å². The predicted molar refractivity (Wildman–Crippen MR) is 90.0 cm³/mol. The second kappa shape index (κ2) is 7.30. The Balaban J connectivity index is 2.33. The highest BCUT2D eigenvalue weighted by molar-refractivity contribution is 8.01. The summed E-state index contributed by atoms with van der Waals surface area (Å²) in [5.41, 5.74) is 0.908. The SMILES string of the molecule is CCCc1nc(N2CCSCC2S(=O)(=O)CC)sc1CO. The molecular weight excluding hydrogens is 328 g/mol. The number of thiazole rings is 1. The summed E-state index contributed by atoms with van der Waals surface area (Å²) in [4.78, 5) is 7.38. The molecule has 0 aromatic carbocycles. The van der Waals surface area contributed by atoms with Gasteiger partial charge in [0.05, 0.1) is 17.2 Å². The van der Waals surface area contributed by atoms with Crippen LogP contribution in [0.2, 0.25) is 0 Å². The highest BCUT2D eigenvalue weighted by Gasteiger charge is 2.34. The fraction of sp³-hybridized carbons (Fsp3) is 0.769. The number of thioether (sulfide) groups is 1. The zero-order valence-electron chi connectivity index (χ0n) is 12.4. The zero-order valence-corrected chi connectivity index (χ0v) is 14.9. The minimum absolute atomic E-state index is 0.0270. The van der Waals surface area contributed by atoms with E-state index in [1.807, 2.05) is 4.90 Å². The lowest BCUT2D eigenvalue weighted by molar-refractivity contribution is 0.284. The Morgan fingerprint density at radius 1 is 1.43 bits per heavy atom. The van der Waals surface area contributed by atoms with Crippen LogP contribution >= 0.6 is 23.1 Å². The summed E-state index contributed by atoms with van der Waals surface area (Å²) in [6.45, 7) is 4.43. The molecule has 1 fully saturated rings. The van der Waals surface area contributed by atoms with Gasteiger partial charge in [-0.05, 0) is 6.42 Å². The predicted octanol–water partition coefficient (Wildman–Crippen LogP) is 1.90. The summed E-state index contributed by atoms with van der Waals surface area (Å²) < 4.78 is 24.6. The number of rotatable bonds is 6. The lowest BCUT2D eigenvalue weighted by Crippen LogP contribution is -2.48. The van der Waals surface area contributed by atoms with Crippen molar-refractivity contribution < 1.29 is 13.5 Å². The van der Waals surface area contributed by atoms with Crippen molar-refractivity contribution in [2.45, 2.75) is 38.7 Å². The lowest BCUT2D eigenvalue weighted by Gasteiger charge is -2.34. The van der Waals surface area contributed by atoms with Crippen LogP contribution in [0.3, 0.4) is 0 Å². The molecule has 1 saturated heterocycles. The molecule has 1 aromatic rings. The quantitative estimate of drug-likeness (QED) is 0.845. The van der Waals surface area contributed by atoms with Crippen molar-refractivity contribution in [3.8, 4) is 0 Å². The number of aryl methyl sites for hydroxylation is 1. The first-order chi connectivity index (χ1) is 10.0. The van der Waals surface area contributed by atoms with Crippen molar-refractivity contribution >= 4 is 38.1 Å². The summed E-state index contributed by atoms with van der Waals surface area (Å²) in [5.74, 6) is 1.65. The number of anilines is 1. The van der Waals surface area contributed by atoms with Gasteiger partial charge in [0.1, 0.15) is 5.37 Å². The molecule has 0 amide bonds. The first-order valence-electron chi connectivity index (χ1n) is 7.18. The van der Waals surface area contributed by atoms with Gasteiger partial charge in [0, 0.05) is 23.8 Å². The number of sulfone groups is 1. The fourth-order valence-corrected chi connectivity index (χ4v) is 6.42. The van der Waals surface area contributed by atoms with Crippen LogP contribution in [0.25, 0.3) is 0 Å². The van der Waals surface area contributed by atoms with E-state index in [9.17, 15) is 13.5 Å². The van der Waals surface area contributed by atoms with Crippen LogP contribution in [0.15, 0.2) is 0 Å². The first-order valence-corrected chi connectivity index (χ1v) is 10.9. The molecule has 1 aromatic heterocycles. The van der Waals surface area contributed by atoms with Crippen LogP contribution in [0.1, 0.15) is 30.8 Å². The number of nitrogens with zero attached hydrogens (tertiary/aromatic N) is 2. The fourth-order valence-electron chi connectivity index (χ4n) is 2.34. The Labute approximate surface area is 134 Å². The molecule has 1 atom stereocenters. The van der Waals surface area contributed by atoms with Crippen molar-refractivity contribution in [3.05, 3.63) is 10.6 Å². The number of hydrogen-bond donors (Lipinski definition) is 1. The number of hydrogen-bond acceptors (Lipinski definition) is 7. The highest BCUT2D eigenvalue weighted by Crippen LogP contribution is 2.33. The Bertz CT molecular complexity index is 571. The molecule has 0 spiro atoms. The molecule has 1 aliphatic heterocycles. The van der Waals surface area contributed by atoms with Crippen LogP contribution in [0, 0.1) is 0 Å². The van der Waals surface area contributed by atoms with Crippen LogP contribution < -0.4 is 4.90 Å². The van der Waals surface area contributed by atoms with Crippen LogP contribution in [-0.2, 0) is 22.9 Å². The smallest absolute Gasteiger partial charge is 0.186 e. The number of aliphatic hydroxyl groups is 1. The highest BCUT2D eigenvalue weighted by atomic mass is 32.2. The van der Waals surface area contributed by atoms with Gasteiger partial charge in [-0.2, -0.15) is 11.8 Å². The van der Waals surface area contributed by atoms with Crippen molar-refractivity contribution in [2.75, 3.05) is 28.7 Å². The number of aliphatic hydroxyl groups excluding tert-OH is 1. The molecule has 1 aliphatic rings. The molecule has 1 unspecified atom stereocenters.